The van der Waals surface area contributed by atoms with Crippen LogP contribution in [0.2, 0.25) is 0 Å². The SMILES string of the molecule is O=C1c2ccccc2C(=O)N1Cc1nc(-c2cccc([N+](=O)[O-])c2)no1. The summed E-state index contributed by atoms with van der Waals surface area (Å²) in [5, 5.41) is 14.6. The second-order valence-electron chi connectivity index (χ2n) is 5.56. The number of carbonyl (C=O) groups excluding carboxylic acids is 2. The van der Waals surface area contributed by atoms with Crippen LogP contribution in [0.5, 0.6) is 0 Å². The van der Waals surface area contributed by atoms with Crippen molar-refractivity contribution in [2.24, 2.45) is 0 Å². The average molecular weight is 350 g/mol. The van der Waals surface area contributed by atoms with Crippen molar-refractivity contribution >= 4 is 17.5 Å². The third-order valence-electron chi connectivity index (χ3n) is 3.95. The minimum absolute atomic E-state index is 0.0565. The second kappa shape index (κ2) is 5.88. The van der Waals surface area contributed by atoms with Crippen molar-refractivity contribution in [3.05, 3.63) is 75.7 Å². The third kappa shape index (κ3) is 2.51. The molecule has 0 N–H and O–H groups in total. The smallest absolute Gasteiger partial charge is 0.270 e. The Balaban J connectivity index is 1.59. The molecular formula is C17H10N4O5. The Bertz CT molecular complexity index is 1020. The molecule has 0 radical (unpaired) electrons. The first-order valence-corrected chi connectivity index (χ1v) is 7.57. The molecule has 0 bridgehead atoms. The summed E-state index contributed by atoms with van der Waals surface area (Å²) in [7, 11) is 0. The monoisotopic (exact) mass is 350 g/mol. The number of non-ortho nitro benzene ring substituents is 1. The number of hydrogen-bond donors (Lipinski definition) is 0. The van der Waals surface area contributed by atoms with Crippen LogP contribution < -0.4 is 0 Å². The highest BCUT2D eigenvalue weighted by molar-refractivity contribution is 6.21. The third-order valence-corrected chi connectivity index (χ3v) is 3.95. The van der Waals surface area contributed by atoms with Gasteiger partial charge >= 0.3 is 0 Å². The highest BCUT2D eigenvalue weighted by Crippen LogP contribution is 2.25. The summed E-state index contributed by atoms with van der Waals surface area (Å²) >= 11 is 0. The molecule has 2 heterocycles. The van der Waals surface area contributed by atoms with Gasteiger partial charge in [0, 0.05) is 17.7 Å². The van der Waals surface area contributed by atoms with E-state index in [2.05, 4.69) is 10.1 Å². The Labute approximate surface area is 146 Å². The molecule has 0 atom stereocenters. The molecule has 0 fully saturated rings. The number of nitro benzene ring substituents is 1. The highest BCUT2D eigenvalue weighted by atomic mass is 16.6. The number of aromatic nitrogens is 2. The van der Waals surface area contributed by atoms with Crippen molar-refractivity contribution in [3.8, 4) is 11.4 Å². The molecule has 0 saturated carbocycles. The van der Waals surface area contributed by atoms with E-state index in [9.17, 15) is 19.7 Å². The lowest BCUT2D eigenvalue weighted by molar-refractivity contribution is -0.384. The van der Waals surface area contributed by atoms with Crippen LogP contribution in [0.25, 0.3) is 11.4 Å². The maximum atomic E-state index is 12.3. The minimum atomic E-state index is -0.525. The van der Waals surface area contributed by atoms with Crippen LogP contribution in [-0.2, 0) is 6.54 Å². The molecule has 1 aliphatic heterocycles. The summed E-state index contributed by atoms with van der Waals surface area (Å²) in [5.41, 5.74) is 0.956. The fourth-order valence-corrected chi connectivity index (χ4v) is 2.71. The summed E-state index contributed by atoms with van der Waals surface area (Å²) in [6.45, 7) is -0.172. The van der Waals surface area contributed by atoms with Crippen molar-refractivity contribution in [2.75, 3.05) is 0 Å². The van der Waals surface area contributed by atoms with Crippen LogP contribution in [0.1, 0.15) is 26.6 Å². The maximum Gasteiger partial charge on any atom is 0.270 e. The lowest BCUT2D eigenvalue weighted by Gasteiger charge is -2.09. The molecule has 2 aromatic carbocycles. The van der Waals surface area contributed by atoms with Crippen molar-refractivity contribution < 1.29 is 19.0 Å². The van der Waals surface area contributed by atoms with Crippen LogP contribution in [0.4, 0.5) is 5.69 Å². The summed E-state index contributed by atoms with van der Waals surface area (Å²) in [4.78, 5) is 40.2. The van der Waals surface area contributed by atoms with Crippen LogP contribution in [0.3, 0.4) is 0 Å². The van der Waals surface area contributed by atoms with Gasteiger partial charge in [-0.05, 0) is 12.1 Å². The van der Waals surface area contributed by atoms with E-state index in [1.165, 1.54) is 18.2 Å². The molecule has 128 valence electrons. The predicted molar refractivity (Wildman–Crippen MR) is 87.0 cm³/mol. The van der Waals surface area contributed by atoms with Gasteiger partial charge in [-0.1, -0.05) is 29.4 Å². The molecule has 1 aliphatic rings. The Morgan fingerprint density at radius 2 is 1.73 bits per heavy atom. The standard InChI is InChI=1S/C17H10N4O5/c22-16-12-6-1-2-7-13(12)17(23)20(16)9-14-18-15(19-26-14)10-4-3-5-11(8-10)21(24)25/h1-8H,9H2. The van der Waals surface area contributed by atoms with Gasteiger partial charge in [-0.2, -0.15) is 4.98 Å². The zero-order chi connectivity index (χ0) is 18.3. The largest absolute Gasteiger partial charge is 0.337 e. The van der Waals surface area contributed by atoms with Gasteiger partial charge in [-0.15, -0.1) is 0 Å². The first-order valence-electron chi connectivity index (χ1n) is 7.57. The van der Waals surface area contributed by atoms with E-state index in [1.54, 1.807) is 30.3 Å². The summed E-state index contributed by atoms with van der Waals surface area (Å²) < 4.78 is 5.10. The van der Waals surface area contributed by atoms with Crippen molar-refractivity contribution in [1.82, 2.24) is 15.0 Å². The molecule has 1 aromatic heterocycles. The molecule has 4 rings (SSSR count). The van der Waals surface area contributed by atoms with Crippen LogP contribution in [-0.4, -0.2) is 31.8 Å². The van der Waals surface area contributed by atoms with Crippen molar-refractivity contribution in [1.29, 1.82) is 0 Å². The zero-order valence-corrected chi connectivity index (χ0v) is 13.2. The van der Waals surface area contributed by atoms with E-state index in [1.807, 2.05) is 0 Å². The fourth-order valence-electron chi connectivity index (χ4n) is 2.71. The Kier molecular flexibility index (Phi) is 3.54. The summed E-state index contributed by atoms with van der Waals surface area (Å²) in [5.74, 6) is -0.664. The number of fused-ring (bicyclic) bond motifs is 1. The van der Waals surface area contributed by atoms with E-state index < -0.39 is 16.7 Å². The van der Waals surface area contributed by atoms with E-state index in [-0.39, 0.29) is 23.9 Å². The molecule has 0 aliphatic carbocycles. The number of amides is 2. The lowest BCUT2D eigenvalue weighted by Crippen LogP contribution is -2.29. The topological polar surface area (TPSA) is 119 Å². The van der Waals surface area contributed by atoms with Gasteiger partial charge in [0.25, 0.3) is 17.5 Å². The minimum Gasteiger partial charge on any atom is -0.337 e. The van der Waals surface area contributed by atoms with Gasteiger partial charge in [0.2, 0.25) is 11.7 Å². The second-order valence-corrected chi connectivity index (χ2v) is 5.56. The molecule has 0 unspecified atom stereocenters. The molecule has 2 amide bonds. The van der Waals surface area contributed by atoms with Gasteiger partial charge in [0.15, 0.2) is 0 Å². The van der Waals surface area contributed by atoms with Crippen molar-refractivity contribution in [3.63, 3.8) is 0 Å². The summed E-state index contributed by atoms with van der Waals surface area (Å²) in [6, 6.07) is 12.3. The molecule has 3 aromatic rings. The van der Waals surface area contributed by atoms with E-state index in [0.717, 1.165) is 4.90 Å². The number of hydrogen-bond acceptors (Lipinski definition) is 7. The van der Waals surface area contributed by atoms with E-state index in [0.29, 0.717) is 16.7 Å². The molecule has 26 heavy (non-hydrogen) atoms. The number of imide groups is 1. The normalized spacial score (nSPS) is 13.2. The number of benzene rings is 2. The first kappa shape index (κ1) is 15.6. The van der Waals surface area contributed by atoms with Crippen LogP contribution >= 0.6 is 0 Å². The number of rotatable bonds is 4. The number of nitro groups is 1. The van der Waals surface area contributed by atoms with Crippen LogP contribution in [0, 0.1) is 10.1 Å². The summed E-state index contributed by atoms with van der Waals surface area (Å²) in [6.07, 6.45) is 0. The predicted octanol–water partition coefficient (Wildman–Crippen LogP) is 2.44. The quantitative estimate of drug-likeness (QED) is 0.402. The molecule has 9 heteroatoms. The van der Waals surface area contributed by atoms with Gasteiger partial charge in [0.1, 0.15) is 6.54 Å². The van der Waals surface area contributed by atoms with E-state index >= 15 is 0 Å². The maximum absolute atomic E-state index is 12.3. The molecular weight excluding hydrogens is 340 g/mol. The highest BCUT2D eigenvalue weighted by Gasteiger charge is 2.36. The fraction of sp³-hybridized carbons (Fsp3) is 0.0588. The Hall–Kier alpha value is -3.88. The van der Waals surface area contributed by atoms with Gasteiger partial charge < -0.3 is 4.52 Å². The zero-order valence-electron chi connectivity index (χ0n) is 13.2. The Morgan fingerprint density at radius 3 is 2.38 bits per heavy atom. The molecule has 0 spiro atoms. The Morgan fingerprint density at radius 1 is 1.04 bits per heavy atom. The number of carbonyl (C=O) groups is 2. The number of nitrogens with zero attached hydrogens (tertiary/aromatic N) is 4. The average Bonchev–Trinajstić information content (AvgIpc) is 3.22. The van der Waals surface area contributed by atoms with Crippen molar-refractivity contribution in [2.45, 2.75) is 6.54 Å². The first-order chi connectivity index (χ1) is 12.5. The van der Waals surface area contributed by atoms with Gasteiger partial charge in [0.05, 0.1) is 16.1 Å². The van der Waals surface area contributed by atoms with Crippen LogP contribution in [0.15, 0.2) is 53.1 Å². The van der Waals surface area contributed by atoms with Gasteiger partial charge in [-0.25, -0.2) is 0 Å². The van der Waals surface area contributed by atoms with E-state index in [4.69, 9.17) is 4.52 Å². The van der Waals surface area contributed by atoms with Gasteiger partial charge in [-0.3, -0.25) is 24.6 Å². The molecule has 0 saturated heterocycles. The molecule has 9 nitrogen and oxygen atoms in total. The lowest BCUT2D eigenvalue weighted by atomic mass is 10.1.